The minimum absolute atomic E-state index is 0.0454. The van der Waals surface area contributed by atoms with Gasteiger partial charge in [0.25, 0.3) is 0 Å². The second-order valence-electron chi connectivity index (χ2n) is 7.35. The number of carbonyl (C=O) groups is 1. The molecular formula is C23H21FN6O. The number of aryl methyl sites for hydroxylation is 2. The first-order chi connectivity index (χ1) is 14.9. The summed E-state index contributed by atoms with van der Waals surface area (Å²) in [6.07, 6.45) is 7.75. The van der Waals surface area contributed by atoms with E-state index in [1.165, 1.54) is 24.7 Å². The summed E-state index contributed by atoms with van der Waals surface area (Å²) in [5.41, 5.74) is 5.74. The second-order valence-corrected chi connectivity index (χ2v) is 7.35. The Balaban J connectivity index is 1.51. The minimum atomic E-state index is -0.544. The van der Waals surface area contributed by atoms with E-state index in [1.807, 2.05) is 32.9 Å². The lowest BCUT2D eigenvalue weighted by molar-refractivity contribution is -0.119. The highest BCUT2D eigenvalue weighted by molar-refractivity contribution is 5.81. The molecular weight excluding hydrogens is 395 g/mol. The molecule has 31 heavy (non-hydrogen) atoms. The van der Waals surface area contributed by atoms with Crippen molar-refractivity contribution in [1.29, 1.82) is 0 Å². The summed E-state index contributed by atoms with van der Waals surface area (Å²) in [6.45, 7) is 5.81. The molecule has 0 amide bonds. The third kappa shape index (κ3) is 4.37. The molecule has 0 fully saturated rings. The van der Waals surface area contributed by atoms with Gasteiger partial charge in [-0.25, -0.2) is 4.39 Å². The molecule has 0 aliphatic carbocycles. The first kappa shape index (κ1) is 20.5. The molecule has 7 nitrogen and oxygen atoms in total. The van der Waals surface area contributed by atoms with E-state index in [2.05, 4.69) is 25.0 Å². The van der Waals surface area contributed by atoms with E-state index in [9.17, 15) is 9.18 Å². The van der Waals surface area contributed by atoms with Gasteiger partial charge in [0.1, 0.15) is 12.4 Å². The molecule has 0 unspecified atom stereocenters. The summed E-state index contributed by atoms with van der Waals surface area (Å²) in [6, 6.07) is 5.24. The van der Waals surface area contributed by atoms with Crippen LogP contribution >= 0.6 is 0 Å². The van der Waals surface area contributed by atoms with Crippen molar-refractivity contribution in [1.82, 2.24) is 29.7 Å². The van der Waals surface area contributed by atoms with E-state index >= 15 is 0 Å². The fourth-order valence-electron chi connectivity index (χ4n) is 3.56. The van der Waals surface area contributed by atoms with Gasteiger partial charge >= 0.3 is 0 Å². The monoisotopic (exact) mass is 416 g/mol. The fraction of sp³-hybridized carbons (Fsp3) is 0.217. The molecule has 0 aliphatic heterocycles. The van der Waals surface area contributed by atoms with Gasteiger partial charge in [0.15, 0.2) is 5.78 Å². The van der Waals surface area contributed by atoms with Gasteiger partial charge in [-0.1, -0.05) is 0 Å². The summed E-state index contributed by atoms with van der Waals surface area (Å²) in [7, 11) is 0. The number of aromatic nitrogens is 6. The molecule has 0 saturated carbocycles. The quantitative estimate of drug-likeness (QED) is 0.477. The molecule has 0 aromatic carbocycles. The number of carbonyl (C=O) groups excluding carboxylic acids is 1. The molecule has 0 saturated heterocycles. The summed E-state index contributed by atoms with van der Waals surface area (Å²) >= 11 is 0. The van der Waals surface area contributed by atoms with Crippen LogP contribution in [0.25, 0.3) is 22.4 Å². The van der Waals surface area contributed by atoms with Crippen molar-refractivity contribution < 1.29 is 9.18 Å². The molecule has 8 heteroatoms. The van der Waals surface area contributed by atoms with Crippen molar-refractivity contribution >= 4 is 5.78 Å². The van der Waals surface area contributed by atoms with Crippen molar-refractivity contribution in [2.24, 2.45) is 0 Å². The normalized spacial score (nSPS) is 11.0. The number of nitrogens with zero attached hydrogens (tertiary/aromatic N) is 6. The summed E-state index contributed by atoms with van der Waals surface area (Å²) in [5, 5.41) is 4.52. The lowest BCUT2D eigenvalue weighted by Crippen LogP contribution is -2.16. The Morgan fingerprint density at radius 2 is 1.84 bits per heavy atom. The Morgan fingerprint density at radius 3 is 2.55 bits per heavy atom. The zero-order chi connectivity index (χ0) is 22.0. The maximum atomic E-state index is 14.6. The molecule has 4 aromatic rings. The van der Waals surface area contributed by atoms with Crippen LogP contribution in [0.5, 0.6) is 0 Å². The van der Waals surface area contributed by atoms with Crippen LogP contribution in [-0.2, 0) is 17.8 Å². The Bertz CT molecular complexity index is 1250. The van der Waals surface area contributed by atoms with Gasteiger partial charge in [0.05, 0.1) is 29.7 Å². The smallest absolute Gasteiger partial charge is 0.160 e. The van der Waals surface area contributed by atoms with Crippen LogP contribution in [0.2, 0.25) is 0 Å². The summed E-state index contributed by atoms with van der Waals surface area (Å²) in [5.74, 6) is -0.723. The van der Waals surface area contributed by atoms with Crippen LogP contribution < -0.4 is 0 Å². The van der Waals surface area contributed by atoms with E-state index < -0.39 is 5.82 Å². The van der Waals surface area contributed by atoms with Gasteiger partial charge in [0.2, 0.25) is 0 Å². The molecule has 0 aliphatic rings. The van der Waals surface area contributed by atoms with Crippen molar-refractivity contribution in [3.05, 3.63) is 77.8 Å². The van der Waals surface area contributed by atoms with Gasteiger partial charge in [0, 0.05) is 47.3 Å². The first-order valence-corrected chi connectivity index (χ1v) is 9.82. The second kappa shape index (κ2) is 8.51. The molecule has 156 valence electrons. The average Bonchev–Trinajstić information content (AvgIpc) is 3.03. The maximum absolute atomic E-state index is 14.6. The molecule has 0 spiro atoms. The predicted molar refractivity (Wildman–Crippen MR) is 114 cm³/mol. The third-order valence-corrected chi connectivity index (χ3v) is 5.03. The summed E-state index contributed by atoms with van der Waals surface area (Å²) in [4.78, 5) is 29.1. The van der Waals surface area contributed by atoms with Crippen LogP contribution in [-0.4, -0.2) is 35.5 Å². The van der Waals surface area contributed by atoms with E-state index in [0.717, 1.165) is 28.2 Å². The highest BCUT2D eigenvalue weighted by Gasteiger charge is 2.17. The van der Waals surface area contributed by atoms with Gasteiger partial charge in [-0.2, -0.15) is 5.10 Å². The number of Topliss-reactive ketones (excluding diaryl/α,β-unsaturated/α-hetero) is 1. The zero-order valence-electron chi connectivity index (χ0n) is 17.5. The predicted octanol–water partition coefficient (Wildman–Crippen LogP) is 3.67. The lowest BCUT2D eigenvalue weighted by Gasteiger charge is -2.07. The molecule has 0 N–H and O–H groups in total. The number of hydrogen-bond donors (Lipinski definition) is 0. The molecule has 0 bridgehead atoms. The van der Waals surface area contributed by atoms with Gasteiger partial charge in [-0.15, -0.1) is 0 Å². The van der Waals surface area contributed by atoms with Crippen LogP contribution in [0.1, 0.15) is 22.8 Å². The number of ketones is 1. The van der Waals surface area contributed by atoms with Gasteiger partial charge < -0.3 is 0 Å². The van der Waals surface area contributed by atoms with Crippen LogP contribution in [0.4, 0.5) is 4.39 Å². The SMILES string of the molecule is Cc1cc(-c2c(C)nn(CC(=O)Cc3ncc(-c4cnccn4)cc3F)c2C)ccn1. The van der Waals surface area contributed by atoms with Crippen molar-refractivity contribution in [2.75, 3.05) is 0 Å². The zero-order valence-corrected chi connectivity index (χ0v) is 17.5. The first-order valence-electron chi connectivity index (χ1n) is 9.82. The van der Waals surface area contributed by atoms with E-state index in [0.29, 0.717) is 11.3 Å². The average molecular weight is 416 g/mol. The Labute approximate surface area is 179 Å². The van der Waals surface area contributed by atoms with Crippen LogP contribution in [0.3, 0.4) is 0 Å². The van der Waals surface area contributed by atoms with Crippen LogP contribution in [0.15, 0.2) is 49.2 Å². The Kier molecular flexibility index (Phi) is 5.62. The Hall–Kier alpha value is -3.81. The van der Waals surface area contributed by atoms with Gasteiger partial charge in [-0.05, 0) is 44.5 Å². The maximum Gasteiger partial charge on any atom is 0.160 e. The van der Waals surface area contributed by atoms with Gasteiger partial charge in [-0.3, -0.25) is 29.4 Å². The largest absolute Gasteiger partial charge is 0.297 e. The van der Waals surface area contributed by atoms with E-state index in [4.69, 9.17) is 0 Å². The molecule has 0 radical (unpaired) electrons. The van der Waals surface area contributed by atoms with Crippen molar-refractivity contribution in [3.63, 3.8) is 0 Å². The standard InChI is InChI=1S/C23H21FN6O/c1-14-8-17(4-5-26-14)23-15(2)29-30(16(23)3)13-19(31)10-21-20(24)9-18(11-28-21)22-12-25-6-7-27-22/h4-9,11-12H,10,13H2,1-3H3. The number of halogens is 1. The molecule has 4 heterocycles. The molecule has 4 rings (SSSR count). The Morgan fingerprint density at radius 1 is 1.00 bits per heavy atom. The van der Waals surface area contributed by atoms with Crippen molar-refractivity contribution in [2.45, 2.75) is 33.7 Å². The number of hydrogen-bond acceptors (Lipinski definition) is 6. The number of pyridine rings is 2. The third-order valence-electron chi connectivity index (χ3n) is 5.03. The fourth-order valence-corrected chi connectivity index (χ4v) is 3.56. The van der Waals surface area contributed by atoms with E-state index in [1.54, 1.807) is 17.1 Å². The van der Waals surface area contributed by atoms with E-state index in [-0.39, 0.29) is 24.4 Å². The minimum Gasteiger partial charge on any atom is -0.297 e. The lowest BCUT2D eigenvalue weighted by atomic mass is 10.0. The van der Waals surface area contributed by atoms with Crippen molar-refractivity contribution in [3.8, 4) is 22.4 Å². The highest BCUT2D eigenvalue weighted by atomic mass is 19.1. The topological polar surface area (TPSA) is 86.5 Å². The van der Waals surface area contributed by atoms with Crippen LogP contribution in [0, 0.1) is 26.6 Å². The molecule has 0 atom stereocenters. The summed E-state index contributed by atoms with van der Waals surface area (Å²) < 4.78 is 16.2. The number of rotatable bonds is 6. The highest BCUT2D eigenvalue weighted by Crippen LogP contribution is 2.27. The molecule has 4 aromatic heterocycles.